The Kier molecular flexibility index (Phi) is 4.06. The molecule has 4 heteroatoms. The minimum Gasteiger partial charge on any atom is -0.392 e. The van der Waals surface area contributed by atoms with Gasteiger partial charge in [0.1, 0.15) is 0 Å². The summed E-state index contributed by atoms with van der Waals surface area (Å²) in [7, 11) is 1.91. The second kappa shape index (κ2) is 5.75. The number of aliphatic hydroxyl groups is 1. The Morgan fingerprint density at radius 3 is 2.47 bits per heavy atom. The molecule has 2 rings (SSSR count). The van der Waals surface area contributed by atoms with Crippen molar-refractivity contribution in [1.82, 2.24) is 0 Å². The van der Waals surface area contributed by atoms with E-state index < -0.39 is 0 Å². The van der Waals surface area contributed by atoms with Crippen molar-refractivity contribution in [2.45, 2.75) is 6.61 Å². The molecule has 96 valence electrons. The van der Waals surface area contributed by atoms with Gasteiger partial charge in [0, 0.05) is 29.0 Å². The number of aliphatic hydroxyl groups excluding tert-OH is 1. The largest absolute Gasteiger partial charge is 0.392 e. The Labute approximate surface area is 117 Å². The molecule has 0 aliphatic heterocycles. The molecule has 0 spiro atoms. The van der Waals surface area contributed by atoms with E-state index in [1.807, 2.05) is 30.1 Å². The average molecular weight is 273 g/mol. The summed E-state index contributed by atoms with van der Waals surface area (Å²) in [5, 5.41) is 18.8. The zero-order valence-corrected chi connectivity index (χ0v) is 11.2. The van der Waals surface area contributed by atoms with Crippen molar-refractivity contribution in [3.8, 4) is 6.07 Å². The lowest BCUT2D eigenvalue weighted by Crippen LogP contribution is -2.11. The zero-order chi connectivity index (χ0) is 13.8. The third-order valence-electron chi connectivity index (χ3n) is 2.96. The monoisotopic (exact) mass is 272 g/mol. The van der Waals surface area contributed by atoms with Crippen molar-refractivity contribution in [1.29, 1.82) is 5.26 Å². The highest BCUT2D eigenvalue weighted by Gasteiger charge is 2.09. The normalized spacial score (nSPS) is 10.0. The maximum absolute atomic E-state index is 9.39. The minimum atomic E-state index is -0.0729. The lowest BCUT2D eigenvalue weighted by atomic mass is 10.1. The molecule has 0 fully saturated rings. The number of rotatable bonds is 3. The van der Waals surface area contributed by atoms with Gasteiger partial charge in [-0.25, -0.2) is 0 Å². The summed E-state index contributed by atoms with van der Waals surface area (Å²) < 4.78 is 0. The van der Waals surface area contributed by atoms with Gasteiger partial charge in [-0.2, -0.15) is 5.26 Å². The van der Waals surface area contributed by atoms with Crippen LogP contribution in [0.2, 0.25) is 5.02 Å². The van der Waals surface area contributed by atoms with Gasteiger partial charge in [0.15, 0.2) is 0 Å². The Morgan fingerprint density at radius 2 is 1.89 bits per heavy atom. The Bertz CT molecular complexity index is 617. The molecule has 0 heterocycles. The second-order valence-corrected chi connectivity index (χ2v) is 4.59. The van der Waals surface area contributed by atoms with Gasteiger partial charge in [0.25, 0.3) is 0 Å². The van der Waals surface area contributed by atoms with Gasteiger partial charge in [-0.15, -0.1) is 0 Å². The van der Waals surface area contributed by atoms with Crippen LogP contribution >= 0.6 is 11.6 Å². The highest BCUT2D eigenvalue weighted by molar-refractivity contribution is 6.30. The average Bonchev–Trinajstić information content (AvgIpc) is 2.46. The molecule has 0 bridgehead atoms. The van der Waals surface area contributed by atoms with E-state index in [9.17, 15) is 5.11 Å². The first-order valence-corrected chi connectivity index (χ1v) is 6.16. The summed E-state index contributed by atoms with van der Waals surface area (Å²) >= 11 is 5.92. The van der Waals surface area contributed by atoms with Crippen LogP contribution < -0.4 is 4.90 Å². The zero-order valence-electron chi connectivity index (χ0n) is 10.5. The SMILES string of the molecule is CN(c1ccc(C#N)cc1)c1ccc(Cl)cc1CO. The van der Waals surface area contributed by atoms with Crippen LogP contribution in [0.25, 0.3) is 0 Å². The Balaban J connectivity index is 2.38. The molecule has 0 aromatic heterocycles. The lowest BCUT2D eigenvalue weighted by Gasteiger charge is -2.22. The van der Waals surface area contributed by atoms with Crippen molar-refractivity contribution in [2.24, 2.45) is 0 Å². The Morgan fingerprint density at radius 1 is 1.21 bits per heavy atom. The van der Waals surface area contributed by atoms with Gasteiger partial charge < -0.3 is 10.0 Å². The molecule has 2 aromatic carbocycles. The first kappa shape index (κ1) is 13.4. The molecule has 0 aliphatic carbocycles. The number of benzene rings is 2. The fraction of sp³-hybridized carbons (Fsp3) is 0.133. The number of hydrogen-bond acceptors (Lipinski definition) is 3. The molecule has 0 unspecified atom stereocenters. The van der Waals surface area contributed by atoms with Crippen LogP contribution in [0.3, 0.4) is 0 Å². The molecule has 0 saturated heterocycles. The van der Waals surface area contributed by atoms with Crippen LogP contribution in [0.5, 0.6) is 0 Å². The van der Waals surface area contributed by atoms with E-state index in [2.05, 4.69) is 6.07 Å². The van der Waals surface area contributed by atoms with E-state index in [1.165, 1.54) is 0 Å². The highest BCUT2D eigenvalue weighted by Crippen LogP contribution is 2.29. The molecule has 0 atom stereocenters. The van der Waals surface area contributed by atoms with Crippen LogP contribution in [-0.4, -0.2) is 12.2 Å². The topological polar surface area (TPSA) is 47.3 Å². The Hall–Kier alpha value is -2.02. The first-order chi connectivity index (χ1) is 9.15. The molecular weight excluding hydrogens is 260 g/mol. The van der Waals surface area contributed by atoms with Gasteiger partial charge in [0.05, 0.1) is 18.2 Å². The van der Waals surface area contributed by atoms with E-state index in [1.54, 1.807) is 24.3 Å². The molecule has 19 heavy (non-hydrogen) atoms. The predicted octanol–water partition coefficient (Wildman–Crippen LogP) is 3.47. The number of anilines is 2. The number of hydrogen-bond donors (Lipinski definition) is 1. The van der Waals surface area contributed by atoms with Gasteiger partial charge in [-0.3, -0.25) is 0 Å². The van der Waals surface area contributed by atoms with Crippen molar-refractivity contribution in [2.75, 3.05) is 11.9 Å². The maximum atomic E-state index is 9.39. The van der Waals surface area contributed by atoms with Gasteiger partial charge >= 0.3 is 0 Å². The molecule has 0 amide bonds. The molecule has 1 N–H and O–H groups in total. The number of nitriles is 1. The second-order valence-electron chi connectivity index (χ2n) is 4.15. The minimum absolute atomic E-state index is 0.0729. The predicted molar refractivity (Wildman–Crippen MR) is 76.6 cm³/mol. The van der Waals surface area contributed by atoms with E-state index in [0.29, 0.717) is 10.6 Å². The third kappa shape index (κ3) is 2.87. The van der Waals surface area contributed by atoms with Gasteiger partial charge in [-0.05, 0) is 42.5 Å². The smallest absolute Gasteiger partial charge is 0.0991 e. The van der Waals surface area contributed by atoms with Gasteiger partial charge in [0.2, 0.25) is 0 Å². The number of nitrogens with zero attached hydrogens (tertiary/aromatic N) is 2. The summed E-state index contributed by atoms with van der Waals surface area (Å²) in [6.45, 7) is -0.0729. The first-order valence-electron chi connectivity index (χ1n) is 5.79. The van der Waals surface area contributed by atoms with Crippen molar-refractivity contribution in [3.63, 3.8) is 0 Å². The van der Waals surface area contributed by atoms with Crippen molar-refractivity contribution >= 4 is 23.0 Å². The quantitative estimate of drug-likeness (QED) is 0.931. The van der Waals surface area contributed by atoms with E-state index in [0.717, 1.165) is 16.9 Å². The summed E-state index contributed by atoms with van der Waals surface area (Å²) in [6, 6.07) is 14.8. The highest BCUT2D eigenvalue weighted by atomic mass is 35.5. The van der Waals surface area contributed by atoms with E-state index in [-0.39, 0.29) is 6.61 Å². The summed E-state index contributed by atoms with van der Waals surface area (Å²) in [6.07, 6.45) is 0. The van der Waals surface area contributed by atoms with Gasteiger partial charge in [-0.1, -0.05) is 11.6 Å². The van der Waals surface area contributed by atoms with Crippen molar-refractivity contribution < 1.29 is 5.11 Å². The molecule has 0 saturated carbocycles. The maximum Gasteiger partial charge on any atom is 0.0991 e. The van der Waals surface area contributed by atoms with E-state index in [4.69, 9.17) is 16.9 Å². The fourth-order valence-electron chi connectivity index (χ4n) is 1.91. The molecule has 2 aromatic rings. The standard InChI is InChI=1S/C15H13ClN2O/c1-18(14-5-2-11(9-17)3-6-14)15-7-4-13(16)8-12(15)10-19/h2-8,19H,10H2,1H3. The fourth-order valence-corrected chi connectivity index (χ4v) is 2.10. The number of halogens is 1. The summed E-state index contributed by atoms with van der Waals surface area (Å²) in [5.74, 6) is 0. The van der Waals surface area contributed by atoms with E-state index >= 15 is 0 Å². The summed E-state index contributed by atoms with van der Waals surface area (Å²) in [4.78, 5) is 1.95. The van der Waals surface area contributed by atoms with Crippen LogP contribution in [-0.2, 0) is 6.61 Å². The lowest BCUT2D eigenvalue weighted by molar-refractivity contribution is 0.282. The molecule has 0 radical (unpaired) electrons. The molecule has 0 aliphatic rings. The summed E-state index contributed by atoms with van der Waals surface area (Å²) in [5.41, 5.74) is 3.21. The van der Waals surface area contributed by atoms with Crippen LogP contribution in [0.1, 0.15) is 11.1 Å². The third-order valence-corrected chi connectivity index (χ3v) is 3.19. The molecule has 3 nitrogen and oxygen atoms in total. The van der Waals surface area contributed by atoms with Crippen LogP contribution in [0.15, 0.2) is 42.5 Å². The van der Waals surface area contributed by atoms with Crippen LogP contribution in [0.4, 0.5) is 11.4 Å². The molecular formula is C15H13ClN2O. The van der Waals surface area contributed by atoms with Crippen LogP contribution in [0, 0.1) is 11.3 Å². The van der Waals surface area contributed by atoms with Crippen molar-refractivity contribution in [3.05, 3.63) is 58.6 Å².